The van der Waals surface area contributed by atoms with E-state index in [-0.39, 0.29) is 11.9 Å². The molecular formula is C27H26N2O3S. The molecule has 168 valence electrons. The number of para-hydroxylation sites is 1. The predicted octanol–water partition coefficient (Wildman–Crippen LogP) is 4.80. The predicted molar refractivity (Wildman–Crippen MR) is 135 cm³/mol. The summed E-state index contributed by atoms with van der Waals surface area (Å²) in [5.74, 6) is -0.0310. The van der Waals surface area contributed by atoms with Crippen molar-refractivity contribution in [2.45, 2.75) is 18.6 Å². The molecule has 0 saturated heterocycles. The molecule has 0 aromatic heterocycles. The fourth-order valence-electron chi connectivity index (χ4n) is 4.06. The lowest BCUT2D eigenvalue weighted by Crippen LogP contribution is -2.55. The van der Waals surface area contributed by atoms with Gasteiger partial charge in [0.05, 0.1) is 12.8 Å². The minimum Gasteiger partial charge on any atom is -0.468 e. The molecule has 0 saturated carbocycles. The molecule has 0 radical (unpaired) electrons. The molecule has 3 aromatic rings. The lowest BCUT2D eigenvalue weighted by molar-refractivity contribution is -0.143. The lowest BCUT2D eigenvalue weighted by Gasteiger charge is -2.36. The smallest absolute Gasteiger partial charge is 0.322 e. The molecule has 33 heavy (non-hydrogen) atoms. The minimum atomic E-state index is -0.591. The number of hydrogen-bond donors (Lipinski definition) is 2. The van der Waals surface area contributed by atoms with E-state index in [0.29, 0.717) is 17.7 Å². The van der Waals surface area contributed by atoms with Crippen molar-refractivity contribution in [2.24, 2.45) is 0 Å². The zero-order valence-corrected chi connectivity index (χ0v) is 19.2. The van der Waals surface area contributed by atoms with Gasteiger partial charge in [0.2, 0.25) is 0 Å². The number of thiol groups is 1. The molecule has 0 fully saturated rings. The van der Waals surface area contributed by atoms with Gasteiger partial charge in [0.1, 0.15) is 12.2 Å². The Bertz CT molecular complexity index is 1160. The molecule has 0 aliphatic carbocycles. The highest BCUT2D eigenvalue weighted by atomic mass is 32.1. The number of carbonyl (C=O) groups is 2. The number of rotatable bonds is 7. The second kappa shape index (κ2) is 10.5. The molecule has 6 heteroatoms. The Labute approximate surface area is 199 Å². The van der Waals surface area contributed by atoms with Gasteiger partial charge in [-0.1, -0.05) is 72.8 Å². The highest BCUT2D eigenvalue weighted by Gasteiger charge is 2.33. The Hall–Kier alpha value is -3.35. The molecule has 3 aromatic carbocycles. The molecule has 1 amide bonds. The van der Waals surface area contributed by atoms with Gasteiger partial charge in [0.15, 0.2) is 0 Å². The molecule has 1 N–H and O–H groups in total. The first-order valence-electron chi connectivity index (χ1n) is 10.8. The number of esters is 1. The van der Waals surface area contributed by atoms with Crippen molar-refractivity contribution in [2.75, 3.05) is 17.8 Å². The van der Waals surface area contributed by atoms with Crippen LogP contribution in [-0.4, -0.2) is 36.9 Å². The normalized spacial score (nSPS) is 15.6. The summed E-state index contributed by atoms with van der Waals surface area (Å²) < 4.78 is 4.97. The average Bonchev–Trinajstić information content (AvgIpc) is 2.88. The number of ether oxygens (including phenoxy) is 1. The van der Waals surface area contributed by atoms with E-state index in [1.807, 2.05) is 91.0 Å². The highest BCUT2D eigenvalue weighted by Crippen LogP contribution is 2.32. The van der Waals surface area contributed by atoms with E-state index in [9.17, 15) is 9.59 Å². The number of benzene rings is 3. The summed E-state index contributed by atoms with van der Waals surface area (Å²) in [4.78, 5) is 28.1. The summed E-state index contributed by atoms with van der Waals surface area (Å²) in [5.41, 5.74) is 4.12. The molecule has 2 atom stereocenters. The SMILES string of the molecule is COC(=O)C(CCS)N[C@@H]1C=Cc2ccccc2N1C(=O)c1ccccc1-c1ccccc1. The molecule has 1 unspecified atom stereocenters. The van der Waals surface area contributed by atoms with Gasteiger partial charge in [-0.3, -0.25) is 19.8 Å². The summed E-state index contributed by atoms with van der Waals surface area (Å²) in [5, 5.41) is 3.30. The van der Waals surface area contributed by atoms with E-state index in [1.165, 1.54) is 7.11 Å². The van der Waals surface area contributed by atoms with Crippen LogP contribution in [0.25, 0.3) is 17.2 Å². The quantitative estimate of drug-likeness (QED) is 0.394. The van der Waals surface area contributed by atoms with Crippen molar-refractivity contribution in [3.8, 4) is 11.1 Å². The van der Waals surface area contributed by atoms with Crippen molar-refractivity contribution in [1.82, 2.24) is 5.32 Å². The summed E-state index contributed by atoms with van der Waals surface area (Å²) in [7, 11) is 1.36. The van der Waals surface area contributed by atoms with Crippen LogP contribution in [0.3, 0.4) is 0 Å². The van der Waals surface area contributed by atoms with Crippen LogP contribution in [0.1, 0.15) is 22.3 Å². The van der Waals surface area contributed by atoms with Gasteiger partial charge in [0, 0.05) is 5.56 Å². The number of amides is 1. The van der Waals surface area contributed by atoms with Crippen LogP contribution in [0.5, 0.6) is 0 Å². The van der Waals surface area contributed by atoms with Crippen LogP contribution < -0.4 is 10.2 Å². The number of fused-ring (bicyclic) bond motifs is 1. The number of methoxy groups -OCH3 is 1. The van der Waals surface area contributed by atoms with Gasteiger partial charge in [-0.15, -0.1) is 0 Å². The van der Waals surface area contributed by atoms with Gasteiger partial charge in [-0.25, -0.2) is 0 Å². The highest BCUT2D eigenvalue weighted by molar-refractivity contribution is 7.80. The Balaban J connectivity index is 1.76. The van der Waals surface area contributed by atoms with Gasteiger partial charge < -0.3 is 4.74 Å². The fourth-order valence-corrected chi connectivity index (χ4v) is 4.32. The molecule has 4 rings (SSSR count). The Kier molecular flexibility index (Phi) is 7.27. The van der Waals surface area contributed by atoms with Gasteiger partial charge >= 0.3 is 5.97 Å². The van der Waals surface area contributed by atoms with Gasteiger partial charge in [-0.2, -0.15) is 12.6 Å². The largest absolute Gasteiger partial charge is 0.468 e. The summed E-state index contributed by atoms with van der Waals surface area (Å²) >= 11 is 4.28. The van der Waals surface area contributed by atoms with Crippen molar-refractivity contribution in [3.63, 3.8) is 0 Å². The van der Waals surface area contributed by atoms with Crippen molar-refractivity contribution >= 4 is 36.3 Å². The van der Waals surface area contributed by atoms with Gasteiger partial charge in [0.25, 0.3) is 5.91 Å². The Morgan fingerprint density at radius 3 is 2.45 bits per heavy atom. The van der Waals surface area contributed by atoms with Gasteiger partial charge in [-0.05, 0) is 47.1 Å². The van der Waals surface area contributed by atoms with E-state index < -0.39 is 12.2 Å². The van der Waals surface area contributed by atoms with E-state index >= 15 is 0 Å². The monoisotopic (exact) mass is 458 g/mol. The third-order valence-corrected chi connectivity index (χ3v) is 5.93. The average molecular weight is 459 g/mol. The summed E-state index contributed by atoms with van der Waals surface area (Å²) in [6.07, 6.45) is 3.82. The molecule has 1 aliphatic heterocycles. The van der Waals surface area contributed by atoms with Crippen LogP contribution in [0, 0.1) is 0 Å². The van der Waals surface area contributed by atoms with E-state index in [2.05, 4.69) is 17.9 Å². The fraction of sp³-hybridized carbons (Fsp3) is 0.185. The zero-order valence-electron chi connectivity index (χ0n) is 18.3. The zero-order chi connectivity index (χ0) is 23.2. The number of anilines is 1. The van der Waals surface area contributed by atoms with Crippen LogP contribution in [0.15, 0.2) is 84.9 Å². The van der Waals surface area contributed by atoms with Crippen LogP contribution in [-0.2, 0) is 9.53 Å². The van der Waals surface area contributed by atoms with Crippen molar-refractivity contribution < 1.29 is 14.3 Å². The number of carbonyl (C=O) groups excluding carboxylic acids is 2. The molecule has 1 aliphatic rings. The molecular weight excluding hydrogens is 432 g/mol. The maximum absolute atomic E-state index is 14.1. The Morgan fingerprint density at radius 1 is 1.00 bits per heavy atom. The van der Waals surface area contributed by atoms with Crippen molar-refractivity contribution in [3.05, 3.63) is 96.1 Å². The van der Waals surface area contributed by atoms with Crippen LogP contribution >= 0.6 is 12.6 Å². The summed E-state index contributed by atoms with van der Waals surface area (Å²) in [6, 6.07) is 24.6. The maximum atomic E-state index is 14.1. The standard InChI is InChI=1S/C27H26N2O3S/c1-32-27(31)23(17-18-33)28-25-16-15-20-11-5-8-14-24(20)29(25)26(30)22-13-7-6-12-21(22)19-9-3-2-4-10-19/h2-16,23,25,28,33H,17-18H2,1H3/t23?,25-/m0/s1. The molecule has 0 bridgehead atoms. The van der Waals surface area contributed by atoms with Crippen LogP contribution in [0.2, 0.25) is 0 Å². The Morgan fingerprint density at radius 2 is 1.70 bits per heavy atom. The second-order valence-corrected chi connectivity index (χ2v) is 8.15. The van der Waals surface area contributed by atoms with E-state index in [4.69, 9.17) is 4.74 Å². The lowest BCUT2D eigenvalue weighted by atomic mass is 9.97. The second-order valence-electron chi connectivity index (χ2n) is 7.70. The summed E-state index contributed by atoms with van der Waals surface area (Å²) in [6.45, 7) is 0. The molecule has 1 heterocycles. The number of hydrogen-bond acceptors (Lipinski definition) is 5. The molecule has 0 spiro atoms. The third kappa shape index (κ3) is 4.87. The minimum absolute atomic E-state index is 0.154. The first kappa shape index (κ1) is 22.8. The number of nitrogens with one attached hydrogen (secondary N) is 1. The first-order valence-corrected chi connectivity index (χ1v) is 11.5. The topological polar surface area (TPSA) is 58.6 Å². The van der Waals surface area contributed by atoms with Crippen molar-refractivity contribution in [1.29, 1.82) is 0 Å². The first-order chi connectivity index (χ1) is 16.1. The number of nitrogens with zero attached hydrogens (tertiary/aromatic N) is 1. The maximum Gasteiger partial charge on any atom is 0.322 e. The molecule has 5 nitrogen and oxygen atoms in total. The van der Waals surface area contributed by atoms with E-state index in [0.717, 1.165) is 22.4 Å². The van der Waals surface area contributed by atoms with E-state index in [1.54, 1.807) is 4.90 Å². The van der Waals surface area contributed by atoms with Crippen LogP contribution in [0.4, 0.5) is 5.69 Å². The third-order valence-electron chi connectivity index (χ3n) is 5.67.